The van der Waals surface area contributed by atoms with Gasteiger partial charge in [-0.3, -0.25) is 19.3 Å². The van der Waals surface area contributed by atoms with Gasteiger partial charge >= 0.3 is 11.9 Å². The van der Waals surface area contributed by atoms with Crippen LogP contribution in [0.25, 0.3) is 0 Å². The molecule has 1 aromatic heterocycles. The third kappa shape index (κ3) is 6.72. The molecule has 0 spiro atoms. The summed E-state index contributed by atoms with van der Waals surface area (Å²) in [5.41, 5.74) is 5.07. The molecule has 0 bridgehead atoms. The number of ether oxygens (including phenoxy) is 3. The highest BCUT2D eigenvalue weighted by atomic mass is 32.2. The molecule has 4 rings (SSSR count). The Morgan fingerprint density at radius 3 is 2.73 bits per heavy atom. The number of fused-ring (bicyclic) bond motifs is 1. The van der Waals surface area contributed by atoms with Crippen molar-refractivity contribution in [1.82, 2.24) is 15.2 Å². The topological polar surface area (TPSA) is 172 Å². The van der Waals surface area contributed by atoms with E-state index in [4.69, 9.17) is 24.8 Å². The van der Waals surface area contributed by atoms with Crippen LogP contribution in [0.3, 0.4) is 0 Å². The van der Waals surface area contributed by atoms with Gasteiger partial charge in [0.1, 0.15) is 29.9 Å². The first-order valence-corrected chi connectivity index (χ1v) is 15.3. The van der Waals surface area contributed by atoms with Gasteiger partial charge in [-0.25, -0.2) is 9.78 Å². The lowest BCUT2D eigenvalue weighted by molar-refractivity contribution is -0.173. The van der Waals surface area contributed by atoms with Crippen LogP contribution in [0.1, 0.15) is 39.3 Å². The first-order chi connectivity index (χ1) is 19.0. The monoisotopic (exact) mass is 613 g/mol. The van der Waals surface area contributed by atoms with Crippen LogP contribution in [0.4, 0.5) is 5.13 Å². The number of rotatable bonds is 10. The van der Waals surface area contributed by atoms with Gasteiger partial charge in [0.05, 0.1) is 11.5 Å². The summed E-state index contributed by atoms with van der Waals surface area (Å²) in [6, 6.07) is -0.929. The van der Waals surface area contributed by atoms with Crippen LogP contribution in [0, 0.1) is 5.41 Å². The Hall–Kier alpha value is -2.82. The number of nitrogen functional groups attached to an aromatic ring is 1. The van der Waals surface area contributed by atoms with Crippen molar-refractivity contribution in [2.24, 2.45) is 10.6 Å². The molecule has 0 aliphatic carbocycles. The summed E-state index contributed by atoms with van der Waals surface area (Å²) >= 11 is 3.97. The highest BCUT2D eigenvalue weighted by molar-refractivity contribution is 8.06. The second kappa shape index (κ2) is 12.8. The lowest BCUT2D eigenvalue weighted by atomic mass is 9.98. The number of anilines is 1. The summed E-state index contributed by atoms with van der Waals surface area (Å²) in [7, 11) is 1.29. The lowest BCUT2D eigenvalue weighted by Gasteiger charge is -2.49. The molecule has 2 amide bonds. The average molecular weight is 614 g/mol. The van der Waals surface area contributed by atoms with Gasteiger partial charge in [-0.1, -0.05) is 5.16 Å². The molecule has 2 fully saturated rings. The highest BCUT2D eigenvalue weighted by Gasteiger charge is 2.55. The van der Waals surface area contributed by atoms with Crippen molar-refractivity contribution in [3.8, 4) is 0 Å². The fraction of sp³-hybridized carbons (Fsp3) is 0.583. The van der Waals surface area contributed by atoms with Gasteiger partial charge in [-0.2, -0.15) is 0 Å². The van der Waals surface area contributed by atoms with E-state index in [1.54, 1.807) is 26.2 Å². The van der Waals surface area contributed by atoms with Gasteiger partial charge in [0.25, 0.3) is 11.8 Å². The van der Waals surface area contributed by atoms with Crippen LogP contribution in [0.2, 0.25) is 0 Å². The van der Waals surface area contributed by atoms with Crippen LogP contribution in [0.15, 0.2) is 21.1 Å². The smallest absolute Gasteiger partial charge is 0.358 e. The standard InChI is InChI=1S/C24H31N5O8S3/c1-24(2,3)22(33)37-11-36-21(32)17-14(38-8-12-6-5-7-35-12)10-39-20-16(19(31)29(17)20)27-18(30)15(28-34-4)13-9-40-23(25)26-13/h9,12,16,20H,5-8,10-11H2,1-4H3,(H2,25,26)(H,27,30)/b28-15-. The van der Waals surface area contributed by atoms with Gasteiger partial charge in [-0.15, -0.1) is 34.9 Å². The molecule has 2 saturated heterocycles. The molecule has 1 aromatic rings. The molecular weight excluding hydrogens is 582 g/mol. The number of amides is 2. The van der Waals surface area contributed by atoms with E-state index in [-0.39, 0.29) is 28.3 Å². The predicted molar refractivity (Wildman–Crippen MR) is 150 cm³/mol. The van der Waals surface area contributed by atoms with E-state index < -0.39 is 47.4 Å². The molecule has 218 valence electrons. The molecule has 40 heavy (non-hydrogen) atoms. The Morgan fingerprint density at radius 2 is 2.10 bits per heavy atom. The summed E-state index contributed by atoms with van der Waals surface area (Å²) in [6.45, 7) is 5.16. The number of thioether (sulfide) groups is 2. The number of oxime groups is 1. The molecule has 13 nitrogen and oxygen atoms in total. The van der Waals surface area contributed by atoms with Gasteiger partial charge in [0.2, 0.25) is 6.79 Å². The van der Waals surface area contributed by atoms with Crippen molar-refractivity contribution in [3.05, 3.63) is 21.7 Å². The fourth-order valence-electron chi connectivity index (χ4n) is 3.98. The van der Waals surface area contributed by atoms with Crippen LogP contribution >= 0.6 is 34.9 Å². The minimum Gasteiger partial charge on any atom is -0.427 e. The quantitative estimate of drug-likeness (QED) is 0.129. The summed E-state index contributed by atoms with van der Waals surface area (Å²) < 4.78 is 16.1. The molecule has 4 heterocycles. The zero-order valence-electron chi connectivity index (χ0n) is 22.5. The zero-order valence-corrected chi connectivity index (χ0v) is 24.9. The van der Waals surface area contributed by atoms with Crippen molar-refractivity contribution >= 4 is 69.5 Å². The van der Waals surface area contributed by atoms with E-state index in [9.17, 15) is 19.2 Å². The Labute approximate surface area is 243 Å². The van der Waals surface area contributed by atoms with Crippen LogP contribution in [0.5, 0.6) is 0 Å². The maximum absolute atomic E-state index is 13.3. The number of carbonyl (C=O) groups is 4. The van der Waals surface area contributed by atoms with Gasteiger partial charge in [0.15, 0.2) is 10.8 Å². The third-order valence-electron chi connectivity index (χ3n) is 6.04. The van der Waals surface area contributed by atoms with E-state index in [2.05, 4.69) is 15.5 Å². The summed E-state index contributed by atoms with van der Waals surface area (Å²) in [6.07, 6.45) is 1.96. The van der Waals surface area contributed by atoms with Gasteiger partial charge in [0, 0.05) is 28.4 Å². The van der Waals surface area contributed by atoms with Gasteiger partial charge in [-0.05, 0) is 33.6 Å². The number of β-lactam (4-membered cyclic amide) rings is 1. The SMILES string of the molecule is CO/N=C(\C(=O)NC1C(=O)N2C(C(=O)OCOC(=O)C(C)(C)C)=C(SCC3CCCO3)CSC12)c1csc(N)n1. The van der Waals surface area contributed by atoms with Crippen LogP contribution < -0.4 is 11.1 Å². The molecule has 3 aliphatic heterocycles. The van der Waals surface area contributed by atoms with E-state index in [1.807, 2.05) is 0 Å². The van der Waals surface area contributed by atoms with Crippen molar-refractivity contribution in [2.75, 3.05) is 37.7 Å². The Bertz CT molecular complexity index is 1220. The van der Waals surface area contributed by atoms with E-state index in [1.165, 1.54) is 35.5 Å². The Balaban J connectivity index is 1.49. The van der Waals surface area contributed by atoms with E-state index in [0.717, 1.165) is 24.2 Å². The number of nitrogens with zero attached hydrogens (tertiary/aromatic N) is 3. The van der Waals surface area contributed by atoms with Crippen molar-refractivity contribution in [2.45, 2.75) is 51.1 Å². The molecule has 0 saturated carbocycles. The summed E-state index contributed by atoms with van der Waals surface area (Å²) in [5.74, 6) is -1.46. The van der Waals surface area contributed by atoms with E-state index >= 15 is 0 Å². The zero-order chi connectivity index (χ0) is 29.0. The normalized spacial score (nSPS) is 22.9. The minimum atomic E-state index is -0.929. The maximum Gasteiger partial charge on any atom is 0.358 e. The molecule has 3 atom stereocenters. The number of carbonyl (C=O) groups excluding carboxylic acids is 4. The summed E-state index contributed by atoms with van der Waals surface area (Å²) in [4.78, 5) is 62.5. The first kappa shape index (κ1) is 30.1. The van der Waals surface area contributed by atoms with Crippen molar-refractivity contribution in [1.29, 1.82) is 0 Å². The number of hydrogen-bond acceptors (Lipinski definition) is 14. The highest BCUT2D eigenvalue weighted by Crippen LogP contribution is 2.44. The third-order valence-corrected chi connectivity index (χ3v) is 9.40. The van der Waals surface area contributed by atoms with Crippen LogP contribution in [-0.2, 0) is 38.2 Å². The van der Waals surface area contributed by atoms with E-state index in [0.29, 0.717) is 23.0 Å². The molecule has 0 aromatic carbocycles. The summed E-state index contributed by atoms with van der Waals surface area (Å²) in [5, 5.41) is 7.66. The largest absolute Gasteiger partial charge is 0.427 e. The van der Waals surface area contributed by atoms with Crippen LogP contribution in [-0.4, -0.2) is 88.9 Å². The fourth-order valence-corrected chi connectivity index (χ4v) is 7.23. The van der Waals surface area contributed by atoms with Gasteiger partial charge < -0.3 is 30.1 Å². The lowest BCUT2D eigenvalue weighted by Crippen LogP contribution is -2.71. The number of thiazole rings is 1. The second-order valence-corrected chi connectivity index (χ2v) is 13.1. The first-order valence-electron chi connectivity index (χ1n) is 12.4. The molecule has 3 N–H and O–H groups in total. The number of aromatic nitrogens is 1. The van der Waals surface area contributed by atoms with Crippen molar-refractivity contribution in [3.63, 3.8) is 0 Å². The second-order valence-electron chi connectivity index (χ2n) is 10.0. The molecular formula is C24H31N5O8S3. The maximum atomic E-state index is 13.3. The number of esters is 2. The Morgan fingerprint density at radius 1 is 1.32 bits per heavy atom. The van der Waals surface area contributed by atoms with Crippen molar-refractivity contribution < 1.29 is 38.2 Å². The number of nitrogens with one attached hydrogen (secondary N) is 1. The molecule has 3 aliphatic rings. The Kier molecular flexibility index (Phi) is 9.64. The minimum absolute atomic E-state index is 0.0580. The predicted octanol–water partition coefficient (Wildman–Crippen LogP) is 1.69. The number of hydrogen-bond donors (Lipinski definition) is 2. The molecule has 0 radical (unpaired) electrons. The average Bonchev–Trinajstić information content (AvgIpc) is 3.59. The molecule has 16 heteroatoms. The molecule has 3 unspecified atom stereocenters. The number of nitrogens with two attached hydrogens (primary N) is 1.